The number of amides is 1. The van der Waals surface area contributed by atoms with E-state index in [1.54, 1.807) is 18.7 Å². The number of pyridine rings is 1. The van der Waals surface area contributed by atoms with E-state index in [2.05, 4.69) is 10.3 Å². The number of hydrogen-bond acceptors (Lipinski definition) is 3. The van der Waals surface area contributed by atoms with E-state index in [0.29, 0.717) is 5.56 Å². The fourth-order valence-electron chi connectivity index (χ4n) is 4.55. The fraction of sp³-hybridized carbons (Fsp3) is 0.250. The smallest absolute Gasteiger partial charge is 0.252 e. The fourth-order valence-corrected chi connectivity index (χ4v) is 4.55. The zero-order valence-electron chi connectivity index (χ0n) is 17.0. The first-order valence-corrected chi connectivity index (χ1v) is 10.1. The molecule has 0 bridgehead atoms. The summed E-state index contributed by atoms with van der Waals surface area (Å²) in [5.41, 5.74) is 4.29. The Kier molecular flexibility index (Phi) is 4.35. The number of rotatable bonds is 3. The van der Waals surface area contributed by atoms with E-state index < -0.39 is 0 Å². The number of aryl methyl sites for hydroxylation is 2. The lowest BCUT2D eigenvalue weighted by atomic mass is 9.91. The Bertz CT molecular complexity index is 1350. The van der Waals surface area contributed by atoms with Crippen molar-refractivity contribution in [1.29, 1.82) is 0 Å². The van der Waals surface area contributed by atoms with Crippen LogP contribution in [0, 0.1) is 0 Å². The van der Waals surface area contributed by atoms with E-state index in [-0.39, 0.29) is 17.5 Å². The lowest BCUT2D eigenvalue weighted by Gasteiger charge is -2.24. The van der Waals surface area contributed by atoms with E-state index >= 15 is 0 Å². The van der Waals surface area contributed by atoms with E-state index in [0.717, 1.165) is 52.5 Å². The standard InChI is InChI=1S/C24H23N3O3/c1-27-21-9-4-3-6-15(21)18(13-22(27)28)24(29)26-20-8-5-7-16-17-12-14(30-2)10-11-19(17)25-23(16)20/h3-4,6,9-13,20,25H,5,7-8H2,1-2H3,(H,26,29). The molecule has 1 amide bonds. The minimum absolute atomic E-state index is 0.123. The summed E-state index contributed by atoms with van der Waals surface area (Å²) in [5.74, 6) is 0.597. The van der Waals surface area contributed by atoms with Gasteiger partial charge in [-0.15, -0.1) is 0 Å². The van der Waals surface area contributed by atoms with Crippen molar-refractivity contribution in [2.75, 3.05) is 7.11 Å². The third-order valence-corrected chi connectivity index (χ3v) is 6.12. The average Bonchev–Trinajstić information content (AvgIpc) is 3.15. The van der Waals surface area contributed by atoms with Crippen LogP contribution in [0.25, 0.3) is 21.8 Å². The molecule has 2 aromatic carbocycles. The van der Waals surface area contributed by atoms with Gasteiger partial charge in [0.2, 0.25) is 0 Å². The van der Waals surface area contributed by atoms with Crippen LogP contribution in [0.2, 0.25) is 0 Å². The molecule has 2 heterocycles. The maximum absolute atomic E-state index is 13.2. The van der Waals surface area contributed by atoms with Crippen molar-refractivity contribution in [3.05, 3.63) is 75.7 Å². The number of benzene rings is 2. The topological polar surface area (TPSA) is 76.1 Å². The molecule has 1 aliphatic rings. The molecule has 152 valence electrons. The molecule has 0 fully saturated rings. The number of nitrogens with one attached hydrogen (secondary N) is 2. The molecule has 6 heteroatoms. The number of aromatic amines is 1. The summed E-state index contributed by atoms with van der Waals surface area (Å²) in [6, 6.07) is 14.8. The van der Waals surface area contributed by atoms with Gasteiger partial charge in [0.15, 0.2) is 0 Å². The van der Waals surface area contributed by atoms with Crippen molar-refractivity contribution in [2.45, 2.75) is 25.3 Å². The summed E-state index contributed by atoms with van der Waals surface area (Å²) < 4.78 is 6.94. The second-order valence-corrected chi connectivity index (χ2v) is 7.82. The minimum Gasteiger partial charge on any atom is -0.497 e. The van der Waals surface area contributed by atoms with Gasteiger partial charge in [-0.05, 0) is 49.1 Å². The molecule has 6 nitrogen and oxygen atoms in total. The molecular weight excluding hydrogens is 378 g/mol. The van der Waals surface area contributed by atoms with Crippen molar-refractivity contribution in [1.82, 2.24) is 14.9 Å². The number of carbonyl (C=O) groups is 1. The molecule has 5 rings (SSSR count). The van der Waals surface area contributed by atoms with Crippen LogP contribution < -0.4 is 15.6 Å². The highest BCUT2D eigenvalue weighted by atomic mass is 16.5. The number of fused-ring (bicyclic) bond motifs is 4. The monoisotopic (exact) mass is 401 g/mol. The average molecular weight is 401 g/mol. The number of aromatic nitrogens is 2. The highest BCUT2D eigenvalue weighted by Crippen LogP contribution is 2.36. The van der Waals surface area contributed by atoms with Crippen molar-refractivity contribution in [3.63, 3.8) is 0 Å². The van der Waals surface area contributed by atoms with E-state index in [1.165, 1.54) is 11.6 Å². The summed E-state index contributed by atoms with van der Waals surface area (Å²) in [7, 11) is 3.39. The van der Waals surface area contributed by atoms with Crippen LogP contribution in [-0.2, 0) is 13.5 Å². The van der Waals surface area contributed by atoms with Crippen LogP contribution in [0.5, 0.6) is 5.75 Å². The molecule has 0 radical (unpaired) electrons. The summed E-state index contributed by atoms with van der Waals surface area (Å²) in [6.07, 6.45) is 2.80. The number of H-pyrrole nitrogens is 1. The zero-order chi connectivity index (χ0) is 20.8. The summed E-state index contributed by atoms with van der Waals surface area (Å²) in [5, 5.41) is 5.08. The highest BCUT2D eigenvalue weighted by molar-refractivity contribution is 6.06. The number of methoxy groups -OCH3 is 1. The molecule has 0 aliphatic heterocycles. The summed E-state index contributed by atoms with van der Waals surface area (Å²) in [6.45, 7) is 0. The quantitative estimate of drug-likeness (QED) is 0.548. The van der Waals surface area contributed by atoms with Crippen LogP contribution in [0.1, 0.15) is 40.5 Å². The van der Waals surface area contributed by atoms with Gasteiger partial charge in [-0.1, -0.05) is 18.2 Å². The Morgan fingerprint density at radius 2 is 2.00 bits per heavy atom. The molecule has 1 unspecified atom stereocenters. The Labute approximate surface area is 173 Å². The molecular formula is C24H23N3O3. The number of ether oxygens (including phenoxy) is 1. The second kappa shape index (κ2) is 7.06. The normalized spacial score (nSPS) is 15.9. The Hall–Kier alpha value is -3.54. The van der Waals surface area contributed by atoms with Crippen molar-refractivity contribution in [2.24, 2.45) is 7.05 Å². The molecule has 2 aromatic heterocycles. The second-order valence-electron chi connectivity index (χ2n) is 7.82. The van der Waals surface area contributed by atoms with Crippen molar-refractivity contribution in [3.8, 4) is 5.75 Å². The van der Waals surface area contributed by atoms with Gasteiger partial charge < -0.3 is 19.6 Å². The molecule has 1 atom stereocenters. The third-order valence-electron chi connectivity index (χ3n) is 6.12. The van der Waals surface area contributed by atoms with Gasteiger partial charge >= 0.3 is 0 Å². The Morgan fingerprint density at radius 1 is 1.17 bits per heavy atom. The van der Waals surface area contributed by atoms with Gasteiger partial charge in [-0.3, -0.25) is 9.59 Å². The van der Waals surface area contributed by atoms with Gasteiger partial charge in [-0.2, -0.15) is 0 Å². The first-order chi connectivity index (χ1) is 14.6. The molecule has 30 heavy (non-hydrogen) atoms. The zero-order valence-corrected chi connectivity index (χ0v) is 17.0. The molecule has 0 spiro atoms. The van der Waals surface area contributed by atoms with Crippen LogP contribution >= 0.6 is 0 Å². The lowest BCUT2D eigenvalue weighted by molar-refractivity contribution is 0.0933. The number of carbonyl (C=O) groups excluding carboxylic acids is 1. The van der Waals surface area contributed by atoms with E-state index in [4.69, 9.17) is 4.74 Å². The first-order valence-electron chi connectivity index (χ1n) is 10.1. The van der Waals surface area contributed by atoms with Gasteiger partial charge in [-0.25, -0.2) is 0 Å². The molecule has 2 N–H and O–H groups in total. The Morgan fingerprint density at radius 3 is 2.83 bits per heavy atom. The van der Waals surface area contributed by atoms with Gasteiger partial charge in [0.05, 0.1) is 24.2 Å². The number of para-hydroxylation sites is 1. The predicted octanol–water partition coefficient (Wildman–Crippen LogP) is 3.84. The summed E-state index contributed by atoms with van der Waals surface area (Å²) in [4.78, 5) is 29.1. The van der Waals surface area contributed by atoms with E-state index in [9.17, 15) is 9.59 Å². The number of nitrogens with zero attached hydrogens (tertiary/aromatic N) is 1. The van der Waals surface area contributed by atoms with Crippen molar-refractivity contribution >= 4 is 27.7 Å². The maximum atomic E-state index is 13.2. The molecule has 0 saturated carbocycles. The van der Waals surface area contributed by atoms with E-state index in [1.807, 2.05) is 42.5 Å². The van der Waals surface area contributed by atoms with Crippen LogP contribution in [0.3, 0.4) is 0 Å². The predicted molar refractivity (Wildman–Crippen MR) is 117 cm³/mol. The lowest BCUT2D eigenvalue weighted by Crippen LogP contribution is -2.32. The van der Waals surface area contributed by atoms with Gasteiger partial charge in [0.1, 0.15) is 5.75 Å². The Balaban J connectivity index is 1.54. The van der Waals surface area contributed by atoms with Gasteiger partial charge in [0.25, 0.3) is 11.5 Å². The number of hydrogen-bond donors (Lipinski definition) is 2. The van der Waals surface area contributed by atoms with Crippen molar-refractivity contribution < 1.29 is 9.53 Å². The molecule has 1 aliphatic carbocycles. The minimum atomic E-state index is -0.224. The highest BCUT2D eigenvalue weighted by Gasteiger charge is 2.27. The molecule has 4 aromatic rings. The first kappa shape index (κ1) is 18.5. The SMILES string of the molecule is COc1ccc2[nH]c3c(c2c1)CCCC3NC(=O)c1cc(=O)n(C)c2ccccc12. The molecule has 0 saturated heterocycles. The summed E-state index contributed by atoms with van der Waals surface area (Å²) >= 11 is 0. The van der Waals surface area contributed by atoms with Crippen LogP contribution in [0.15, 0.2) is 53.3 Å². The van der Waals surface area contributed by atoms with Gasteiger partial charge in [0, 0.05) is 35.1 Å². The van der Waals surface area contributed by atoms with Crippen LogP contribution in [0.4, 0.5) is 0 Å². The largest absolute Gasteiger partial charge is 0.497 e. The maximum Gasteiger partial charge on any atom is 0.252 e. The third kappa shape index (κ3) is 2.87. The van der Waals surface area contributed by atoms with Crippen LogP contribution in [-0.4, -0.2) is 22.6 Å².